The lowest BCUT2D eigenvalue weighted by Gasteiger charge is -2.27. The van der Waals surface area contributed by atoms with Crippen LogP contribution < -0.4 is 4.90 Å². The highest BCUT2D eigenvalue weighted by molar-refractivity contribution is 7.26. The second kappa shape index (κ2) is 13.3. The van der Waals surface area contributed by atoms with Crippen LogP contribution in [0.3, 0.4) is 0 Å². The number of benzene rings is 9. The number of thiophene rings is 2. The molecule has 58 heavy (non-hydrogen) atoms. The van der Waals surface area contributed by atoms with Crippen LogP contribution in [-0.4, -0.2) is 0 Å². The van der Waals surface area contributed by atoms with Crippen LogP contribution in [0.2, 0.25) is 0 Å². The third-order valence-corrected chi connectivity index (χ3v) is 13.8. The Morgan fingerprint density at radius 2 is 1.00 bits per heavy atom. The van der Waals surface area contributed by atoms with Gasteiger partial charge in [0.05, 0.1) is 11.4 Å². The Kier molecular flexibility index (Phi) is 7.62. The molecular formula is C54H33NOS2. The van der Waals surface area contributed by atoms with Crippen molar-refractivity contribution in [3.05, 3.63) is 200 Å². The molecule has 9 aromatic carbocycles. The first-order valence-electron chi connectivity index (χ1n) is 19.6. The van der Waals surface area contributed by atoms with E-state index < -0.39 is 0 Å². The lowest BCUT2D eigenvalue weighted by molar-refractivity contribution is 0.669. The Morgan fingerprint density at radius 1 is 0.362 bits per heavy atom. The highest BCUT2D eigenvalue weighted by Gasteiger charge is 2.25. The summed E-state index contributed by atoms with van der Waals surface area (Å²) < 4.78 is 11.9. The highest BCUT2D eigenvalue weighted by atomic mass is 32.1. The molecule has 0 fully saturated rings. The molecule has 0 bridgehead atoms. The maximum Gasteiger partial charge on any atom is 0.159 e. The summed E-state index contributed by atoms with van der Waals surface area (Å²) in [5.74, 6) is 0. The van der Waals surface area contributed by atoms with E-state index in [1.165, 1.54) is 73.7 Å². The summed E-state index contributed by atoms with van der Waals surface area (Å²) in [6.07, 6.45) is 0. The van der Waals surface area contributed by atoms with Gasteiger partial charge in [0.1, 0.15) is 5.58 Å². The van der Waals surface area contributed by atoms with Crippen molar-refractivity contribution < 1.29 is 4.42 Å². The first kappa shape index (κ1) is 33.2. The van der Waals surface area contributed by atoms with Crippen molar-refractivity contribution in [2.75, 3.05) is 4.90 Å². The molecule has 0 unspecified atom stereocenters. The van der Waals surface area contributed by atoms with E-state index >= 15 is 0 Å². The van der Waals surface area contributed by atoms with Crippen molar-refractivity contribution >= 4 is 102 Å². The van der Waals surface area contributed by atoms with Crippen LogP contribution in [0.25, 0.3) is 95.7 Å². The zero-order valence-electron chi connectivity index (χ0n) is 31.2. The van der Waals surface area contributed by atoms with Gasteiger partial charge in [-0.25, -0.2) is 0 Å². The summed E-state index contributed by atoms with van der Waals surface area (Å²) in [5, 5.41) is 7.21. The molecule has 0 aliphatic rings. The first-order valence-corrected chi connectivity index (χ1v) is 21.2. The molecule has 12 aromatic rings. The van der Waals surface area contributed by atoms with Crippen molar-refractivity contribution in [3.63, 3.8) is 0 Å². The average Bonchev–Trinajstić information content (AvgIpc) is 3.99. The van der Waals surface area contributed by atoms with Gasteiger partial charge in [-0.1, -0.05) is 152 Å². The minimum atomic E-state index is 0.873. The normalized spacial score (nSPS) is 11.8. The van der Waals surface area contributed by atoms with Gasteiger partial charge in [0.15, 0.2) is 5.58 Å². The molecule has 0 spiro atoms. The number of para-hydroxylation sites is 2. The quantitative estimate of drug-likeness (QED) is 0.167. The van der Waals surface area contributed by atoms with E-state index in [0.29, 0.717) is 0 Å². The summed E-state index contributed by atoms with van der Waals surface area (Å²) >= 11 is 3.74. The lowest BCUT2D eigenvalue weighted by atomic mass is 9.98. The molecule has 0 aliphatic carbocycles. The summed E-state index contributed by atoms with van der Waals surface area (Å²) in [4.78, 5) is 2.44. The molecule has 0 saturated carbocycles. The lowest BCUT2D eigenvalue weighted by Crippen LogP contribution is -2.10. The smallest absolute Gasteiger partial charge is 0.159 e. The van der Waals surface area contributed by atoms with E-state index in [1.54, 1.807) is 0 Å². The fourth-order valence-corrected chi connectivity index (χ4v) is 11.2. The highest BCUT2D eigenvalue weighted by Crippen LogP contribution is 2.51. The van der Waals surface area contributed by atoms with Crippen molar-refractivity contribution in [1.82, 2.24) is 0 Å². The molecule has 0 N–H and O–H groups in total. The van der Waals surface area contributed by atoms with E-state index in [0.717, 1.165) is 39.0 Å². The largest absolute Gasteiger partial charge is 0.454 e. The topological polar surface area (TPSA) is 16.4 Å². The first-order chi connectivity index (χ1) is 28.7. The summed E-state index contributed by atoms with van der Waals surface area (Å²) in [6.45, 7) is 0. The Hall–Kier alpha value is -6.98. The van der Waals surface area contributed by atoms with Gasteiger partial charge in [-0.05, 0) is 81.9 Å². The van der Waals surface area contributed by atoms with Crippen LogP contribution >= 0.6 is 22.7 Å². The van der Waals surface area contributed by atoms with Crippen molar-refractivity contribution in [1.29, 1.82) is 0 Å². The molecule has 0 amide bonds. The third kappa shape index (κ3) is 5.30. The second-order valence-corrected chi connectivity index (χ2v) is 17.0. The minimum Gasteiger partial charge on any atom is -0.454 e. The third-order valence-electron chi connectivity index (χ3n) is 11.5. The number of nitrogens with zero attached hydrogens (tertiary/aromatic N) is 1. The number of rotatable bonds is 6. The van der Waals surface area contributed by atoms with E-state index in [-0.39, 0.29) is 0 Å². The monoisotopic (exact) mass is 775 g/mol. The van der Waals surface area contributed by atoms with Gasteiger partial charge in [-0.15, -0.1) is 22.7 Å². The summed E-state index contributed by atoms with van der Waals surface area (Å²) in [6, 6.07) is 72.6. The van der Waals surface area contributed by atoms with E-state index in [4.69, 9.17) is 4.42 Å². The van der Waals surface area contributed by atoms with Crippen molar-refractivity contribution in [2.45, 2.75) is 0 Å². The Morgan fingerprint density at radius 3 is 1.74 bits per heavy atom. The summed E-state index contributed by atoms with van der Waals surface area (Å²) in [5.41, 5.74) is 12.3. The molecule has 12 rings (SSSR count). The zero-order valence-corrected chi connectivity index (χ0v) is 32.9. The molecule has 0 radical (unpaired) electrons. The molecule has 0 atom stereocenters. The number of anilines is 3. The van der Waals surface area contributed by atoms with E-state index in [2.05, 4.69) is 199 Å². The van der Waals surface area contributed by atoms with Gasteiger partial charge in [0.25, 0.3) is 0 Å². The van der Waals surface area contributed by atoms with Crippen molar-refractivity contribution in [3.8, 4) is 33.4 Å². The predicted octanol–water partition coefficient (Wildman–Crippen LogP) is 16.8. The van der Waals surface area contributed by atoms with Crippen LogP contribution in [0.5, 0.6) is 0 Å². The Labute approximate surface area is 343 Å². The molecule has 272 valence electrons. The Bertz CT molecular complexity index is 3510. The molecule has 3 aromatic heterocycles. The van der Waals surface area contributed by atoms with Gasteiger partial charge in [-0.2, -0.15) is 0 Å². The van der Waals surface area contributed by atoms with Crippen LogP contribution in [-0.2, 0) is 0 Å². The summed E-state index contributed by atoms with van der Waals surface area (Å²) in [7, 11) is 0. The van der Waals surface area contributed by atoms with Gasteiger partial charge in [-0.3, -0.25) is 0 Å². The molecule has 4 heteroatoms. The van der Waals surface area contributed by atoms with E-state index in [1.807, 2.05) is 28.7 Å². The number of fused-ring (bicyclic) bond motifs is 9. The van der Waals surface area contributed by atoms with E-state index in [9.17, 15) is 0 Å². The predicted molar refractivity (Wildman–Crippen MR) is 250 cm³/mol. The molecule has 3 heterocycles. The zero-order chi connectivity index (χ0) is 38.2. The number of furan rings is 1. The fraction of sp³-hybridized carbons (Fsp3) is 0. The second-order valence-electron chi connectivity index (χ2n) is 14.8. The van der Waals surface area contributed by atoms with Gasteiger partial charge >= 0.3 is 0 Å². The molecule has 0 saturated heterocycles. The molecular weight excluding hydrogens is 743 g/mol. The van der Waals surface area contributed by atoms with Crippen LogP contribution in [0.15, 0.2) is 205 Å². The maximum absolute atomic E-state index is 6.81. The SMILES string of the molecule is c1ccc(-c2ccc3c(c2)sc2ccc(N(c4cccc5c4oc4ccccc45)c4ccc(-c5ccccc5)c5sc6cc(-c7ccccc7)ccc6c45)cc23)cc1. The molecule has 0 aliphatic heterocycles. The minimum absolute atomic E-state index is 0.873. The van der Waals surface area contributed by atoms with Crippen molar-refractivity contribution in [2.24, 2.45) is 0 Å². The fourth-order valence-electron chi connectivity index (χ4n) is 8.73. The molecule has 2 nitrogen and oxygen atoms in total. The van der Waals surface area contributed by atoms with Gasteiger partial charge < -0.3 is 9.32 Å². The number of hydrogen-bond acceptors (Lipinski definition) is 4. The standard InChI is InChI=1S/C54H33NOS2/c1-4-13-34(14-5-1)37-23-26-42-45-33-39(25-30-49(45)57-50(42)31-37)55(47-21-12-20-43-41-19-10-11-22-48(41)56-53(43)47)46-29-28-40(36-17-8-3-9-18-36)54-52(46)44-27-24-38(32-51(44)58-54)35-15-6-2-7-16-35/h1-33H. The Balaban J connectivity index is 1.14. The average molecular weight is 776 g/mol. The van der Waals surface area contributed by atoms with Gasteiger partial charge in [0, 0.05) is 56.8 Å². The van der Waals surface area contributed by atoms with Gasteiger partial charge in [0.2, 0.25) is 0 Å². The van der Waals surface area contributed by atoms with Crippen LogP contribution in [0.1, 0.15) is 0 Å². The number of hydrogen-bond donors (Lipinski definition) is 0. The maximum atomic E-state index is 6.81. The van der Waals surface area contributed by atoms with Crippen LogP contribution in [0, 0.1) is 0 Å². The van der Waals surface area contributed by atoms with Crippen LogP contribution in [0.4, 0.5) is 17.1 Å².